The van der Waals surface area contributed by atoms with Crippen molar-refractivity contribution in [2.24, 2.45) is 5.73 Å². The number of aliphatic carboxylic acids is 1. The molecule has 0 aromatic rings. The van der Waals surface area contributed by atoms with E-state index in [4.69, 9.17) is 15.6 Å². The number of unbranched alkanes of at least 4 members (excludes halogenated alkanes) is 1. The number of nitrogens with two attached hydrogens (primary N) is 1. The van der Waals surface area contributed by atoms with Gasteiger partial charge in [0.1, 0.15) is 6.04 Å². The van der Waals surface area contributed by atoms with Gasteiger partial charge in [-0.15, -0.1) is 0 Å². The van der Waals surface area contributed by atoms with Gasteiger partial charge >= 0.3 is 12.1 Å². The van der Waals surface area contributed by atoms with Gasteiger partial charge in [-0.2, -0.15) is 0 Å². The quantitative estimate of drug-likeness (QED) is 0.535. The summed E-state index contributed by atoms with van der Waals surface area (Å²) in [6.07, 6.45) is 1.81. The molecule has 0 saturated heterocycles. The van der Waals surface area contributed by atoms with Gasteiger partial charge in [0.15, 0.2) is 0 Å². The first-order chi connectivity index (χ1) is 7.61. The van der Waals surface area contributed by atoms with Gasteiger partial charge in [0.05, 0.1) is 6.61 Å². The van der Waals surface area contributed by atoms with Gasteiger partial charge in [0.2, 0.25) is 0 Å². The van der Waals surface area contributed by atoms with E-state index in [2.05, 4.69) is 5.32 Å². The van der Waals surface area contributed by atoms with Crippen LogP contribution in [-0.4, -0.2) is 36.4 Å². The molecule has 0 rings (SSSR count). The number of carbonyl (C=O) groups is 2. The van der Waals surface area contributed by atoms with E-state index >= 15 is 0 Å². The number of carbonyl (C=O) groups excluding carboxylic acids is 1. The Bertz CT molecular complexity index is 221. The van der Waals surface area contributed by atoms with Crippen LogP contribution >= 0.6 is 0 Å². The summed E-state index contributed by atoms with van der Waals surface area (Å²) in [6.45, 7) is 2.68. The topological polar surface area (TPSA) is 102 Å². The van der Waals surface area contributed by atoms with Crippen LogP contribution < -0.4 is 11.1 Å². The van der Waals surface area contributed by atoms with Gasteiger partial charge in [-0.1, -0.05) is 6.92 Å². The lowest BCUT2D eigenvalue weighted by Gasteiger charge is -2.13. The van der Waals surface area contributed by atoms with Crippen LogP contribution in [0.1, 0.15) is 32.6 Å². The molecule has 0 aliphatic heterocycles. The molecule has 0 fully saturated rings. The van der Waals surface area contributed by atoms with Gasteiger partial charge in [-0.3, -0.25) is 0 Å². The van der Waals surface area contributed by atoms with Crippen molar-refractivity contribution in [3.05, 3.63) is 0 Å². The monoisotopic (exact) mass is 232 g/mol. The molecule has 0 saturated carbocycles. The standard InChI is InChI=1S/C10H20N2O4/c1-2-7-16-10(15)12-8(9(13)14)5-3-4-6-11/h8H,2-7,11H2,1H3,(H,12,15)(H,13,14). The van der Waals surface area contributed by atoms with E-state index in [9.17, 15) is 9.59 Å². The smallest absolute Gasteiger partial charge is 0.407 e. The van der Waals surface area contributed by atoms with E-state index < -0.39 is 18.1 Å². The third-order valence-corrected chi connectivity index (χ3v) is 1.97. The van der Waals surface area contributed by atoms with E-state index in [0.717, 1.165) is 6.42 Å². The Labute approximate surface area is 95.1 Å². The fourth-order valence-electron chi connectivity index (χ4n) is 1.13. The molecule has 0 aliphatic carbocycles. The number of nitrogens with one attached hydrogen (secondary N) is 1. The van der Waals surface area contributed by atoms with E-state index in [0.29, 0.717) is 32.4 Å². The largest absolute Gasteiger partial charge is 0.480 e. The molecule has 94 valence electrons. The lowest BCUT2D eigenvalue weighted by molar-refractivity contribution is -0.139. The summed E-state index contributed by atoms with van der Waals surface area (Å²) in [7, 11) is 0. The highest BCUT2D eigenvalue weighted by atomic mass is 16.5. The van der Waals surface area contributed by atoms with Crippen LogP contribution in [0.3, 0.4) is 0 Å². The lowest BCUT2D eigenvalue weighted by atomic mass is 10.1. The maximum Gasteiger partial charge on any atom is 0.407 e. The zero-order valence-electron chi connectivity index (χ0n) is 9.57. The number of ether oxygens (including phenoxy) is 1. The Morgan fingerprint density at radius 2 is 2.12 bits per heavy atom. The molecule has 4 N–H and O–H groups in total. The molecule has 1 unspecified atom stereocenters. The summed E-state index contributed by atoms with van der Waals surface area (Å²) in [5.41, 5.74) is 5.30. The van der Waals surface area contributed by atoms with Crippen LogP contribution in [0.5, 0.6) is 0 Å². The molecule has 6 heteroatoms. The molecule has 1 amide bonds. The second kappa shape index (κ2) is 8.96. The Balaban J connectivity index is 3.92. The highest BCUT2D eigenvalue weighted by molar-refractivity contribution is 5.79. The summed E-state index contributed by atoms with van der Waals surface area (Å²) in [5.74, 6) is -1.05. The number of carboxylic acids is 1. The molecule has 0 radical (unpaired) electrons. The van der Waals surface area contributed by atoms with Crippen LogP contribution in [0.15, 0.2) is 0 Å². The third-order valence-electron chi connectivity index (χ3n) is 1.97. The first kappa shape index (κ1) is 14.7. The third kappa shape index (κ3) is 7.05. The van der Waals surface area contributed by atoms with Crippen molar-refractivity contribution < 1.29 is 19.4 Å². The number of rotatable bonds is 8. The number of hydrogen-bond acceptors (Lipinski definition) is 4. The predicted octanol–water partition coefficient (Wildman–Crippen LogP) is 0.705. The van der Waals surface area contributed by atoms with Gasteiger partial charge in [0, 0.05) is 0 Å². The minimum Gasteiger partial charge on any atom is -0.480 e. The van der Waals surface area contributed by atoms with Crippen molar-refractivity contribution in [2.45, 2.75) is 38.6 Å². The zero-order chi connectivity index (χ0) is 12.4. The van der Waals surface area contributed by atoms with E-state index in [-0.39, 0.29) is 0 Å². The van der Waals surface area contributed by atoms with E-state index in [1.807, 2.05) is 6.92 Å². The molecule has 6 nitrogen and oxygen atoms in total. The minimum atomic E-state index is -1.05. The highest BCUT2D eigenvalue weighted by Crippen LogP contribution is 2.01. The maximum atomic E-state index is 11.1. The Morgan fingerprint density at radius 3 is 2.62 bits per heavy atom. The summed E-state index contributed by atoms with van der Waals surface area (Å²) >= 11 is 0. The average molecular weight is 232 g/mol. The molecule has 1 atom stereocenters. The van der Waals surface area contributed by atoms with Crippen LogP contribution in [0.4, 0.5) is 4.79 Å². The van der Waals surface area contributed by atoms with Crippen molar-refractivity contribution >= 4 is 12.1 Å². The van der Waals surface area contributed by atoms with Gasteiger partial charge in [-0.25, -0.2) is 9.59 Å². The summed E-state index contributed by atoms with van der Waals surface area (Å²) < 4.78 is 4.74. The fourth-order valence-corrected chi connectivity index (χ4v) is 1.13. The van der Waals surface area contributed by atoms with Crippen molar-refractivity contribution in [3.8, 4) is 0 Å². The molecule has 0 spiro atoms. The lowest BCUT2D eigenvalue weighted by Crippen LogP contribution is -2.41. The average Bonchev–Trinajstić information content (AvgIpc) is 2.25. The number of carboxylic acid groups (broad SMARTS) is 1. The molecule has 0 bridgehead atoms. The predicted molar refractivity (Wildman–Crippen MR) is 59.1 cm³/mol. The molecular weight excluding hydrogens is 212 g/mol. The summed E-state index contributed by atoms with van der Waals surface area (Å²) in [4.78, 5) is 21.9. The summed E-state index contributed by atoms with van der Waals surface area (Å²) in [5, 5.41) is 11.2. The Morgan fingerprint density at radius 1 is 1.44 bits per heavy atom. The molecule has 0 heterocycles. The molecular formula is C10H20N2O4. The fraction of sp³-hybridized carbons (Fsp3) is 0.800. The van der Waals surface area contributed by atoms with E-state index in [1.54, 1.807) is 0 Å². The van der Waals surface area contributed by atoms with Crippen LogP contribution in [0.2, 0.25) is 0 Å². The van der Waals surface area contributed by atoms with E-state index in [1.165, 1.54) is 0 Å². The minimum absolute atomic E-state index is 0.293. The second-order valence-corrected chi connectivity index (χ2v) is 3.46. The first-order valence-corrected chi connectivity index (χ1v) is 5.48. The molecule has 0 aromatic heterocycles. The van der Waals surface area contributed by atoms with Gasteiger partial charge in [-0.05, 0) is 32.2 Å². The van der Waals surface area contributed by atoms with Crippen LogP contribution in [0, 0.1) is 0 Å². The molecule has 0 aromatic carbocycles. The zero-order valence-corrected chi connectivity index (χ0v) is 9.57. The number of alkyl carbamates (subject to hydrolysis) is 1. The summed E-state index contributed by atoms with van der Waals surface area (Å²) in [6, 6.07) is -0.893. The first-order valence-electron chi connectivity index (χ1n) is 5.48. The maximum absolute atomic E-state index is 11.1. The van der Waals surface area contributed by atoms with Gasteiger partial charge in [0.25, 0.3) is 0 Å². The van der Waals surface area contributed by atoms with Crippen molar-refractivity contribution in [1.82, 2.24) is 5.32 Å². The number of hydrogen-bond donors (Lipinski definition) is 3. The van der Waals surface area contributed by atoms with Crippen LogP contribution in [0.25, 0.3) is 0 Å². The Kier molecular flexibility index (Phi) is 8.24. The van der Waals surface area contributed by atoms with Crippen molar-refractivity contribution in [3.63, 3.8) is 0 Å². The highest BCUT2D eigenvalue weighted by Gasteiger charge is 2.19. The van der Waals surface area contributed by atoms with Crippen molar-refractivity contribution in [2.75, 3.05) is 13.2 Å². The second-order valence-electron chi connectivity index (χ2n) is 3.46. The van der Waals surface area contributed by atoms with Crippen molar-refractivity contribution in [1.29, 1.82) is 0 Å². The SMILES string of the molecule is CCCOC(=O)NC(CCCCN)C(=O)O. The molecule has 16 heavy (non-hydrogen) atoms. The van der Waals surface area contributed by atoms with Gasteiger partial charge < -0.3 is 20.9 Å². The normalized spacial score (nSPS) is 11.9. The van der Waals surface area contributed by atoms with Crippen LogP contribution in [-0.2, 0) is 9.53 Å². The number of amides is 1. The Hall–Kier alpha value is -1.30. The molecule has 0 aliphatic rings.